The fraction of sp³-hybridized carbons (Fsp3) is 0.0556. The van der Waals surface area contributed by atoms with Gasteiger partial charge in [0.15, 0.2) is 11.5 Å². The second-order valence-corrected chi connectivity index (χ2v) is 4.96. The molecule has 0 aliphatic rings. The van der Waals surface area contributed by atoms with E-state index in [1.54, 1.807) is 37.6 Å². The first-order valence-corrected chi connectivity index (χ1v) is 7.50. The summed E-state index contributed by atoms with van der Waals surface area (Å²) in [7, 11) is 1.61. The Hall–Kier alpha value is -3.61. The van der Waals surface area contributed by atoms with Gasteiger partial charge in [-0.25, -0.2) is 5.43 Å². The molecule has 7 nitrogen and oxygen atoms in total. The number of H-pyrrole nitrogens is 1. The standard InChI is InChI=1S/C18H16N4O3/c1-24-16-8-3-2-6-13(16)7-4-10-19-22-18(23)15-12-14(20-21-15)17-9-5-11-25-17/h2-12H,1H3,(H,20,21)(H,22,23). The third-order valence-corrected chi connectivity index (χ3v) is 3.34. The van der Waals surface area contributed by atoms with E-state index in [9.17, 15) is 4.79 Å². The van der Waals surface area contributed by atoms with E-state index in [-0.39, 0.29) is 5.69 Å². The maximum Gasteiger partial charge on any atom is 0.291 e. The van der Waals surface area contributed by atoms with Gasteiger partial charge in [0.2, 0.25) is 0 Å². The van der Waals surface area contributed by atoms with E-state index in [0.29, 0.717) is 11.5 Å². The summed E-state index contributed by atoms with van der Waals surface area (Å²) in [5, 5.41) is 10.5. The van der Waals surface area contributed by atoms with Crippen molar-refractivity contribution >= 4 is 18.2 Å². The molecule has 7 heteroatoms. The number of hydrogen-bond acceptors (Lipinski definition) is 5. The van der Waals surface area contributed by atoms with Crippen LogP contribution in [-0.2, 0) is 0 Å². The van der Waals surface area contributed by atoms with Crippen LogP contribution in [0, 0.1) is 0 Å². The van der Waals surface area contributed by atoms with Gasteiger partial charge in [-0.3, -0.25) is 9.89 Å². The van der Waals surface area contributed by atoms with Crippen LogP contribution in [0.3, 0.4) is 0 Å². The Morgan fingerprint density at radius 3 is 3.00 bits per heavy atom. The van der Waals surface area contributed by atoms with Gasteiger partial charge in [-0.2, -0.15) is 10.2 Å². The van der Waals surface area contributed by atoms with Crippen molar-refractivity contribution in [1.82, 2.24) is 15.6 Å². The lowest BCUT2D eigenvalue weighted by Crippen LogP contribution is -2.17. The molecule has 1 amide bonds. The third-order valence-electron chi connectivity index (χ3n) is 3.34. The Bertz CT molecular complexity index is 895. The molecule has 0 aliphatic heterocycles. The monoisotopic (exact) mass is 336 g/mol. The number of methoxy groups -OCH3 is 1. The largest absolute Gasteiger partial charge is 0.496 e. The first-order valence-electron chi connectivity index (χ1n) is 7.50. The molecule has 0 radical (unpaired) electrons. The van der Waals surface area contributed by atoms with E-state index in [1.807, 2.05) is 30.3 Å². The minimum atomic E-state index is -0.420. The number of hydrogen-bond donors (Lipinski definition) is 2. The summed E-state index contributed by atoms with van der Waals surface area (Å²) in [6.07, 6.45) is 6.56. The summed E-state index contributed by atoms with van der Waals surface area (Å²) in [5.74, 6) is 0.948. The molecule has 2 heterocycles. The van der Waals surface area contributed by atoms with Gasteiger partial charge in [0, 0.05) is 17.8 Å². The second-order valence-electron chi connectivity index (χ2n) is 4.96. The average Bonchev–Trinajstić information content (AvgIpc) is 3.33. The highest BCUT2D eigenvalue weighted by atomic mass is 16.5. The number of aromatic amines is 1. The fourth-order valence-corrected chi connectivity index (χ4v) is 2.14. The lowest BCUT2D eigenvalue weighted by atomic mass is 10.2. The van der Waals surface area contributed by atoms with E-state index in [0.717, 1.165) is 11.3 Å². The normalized spacial score (nSPS) is 11.2. The number of carbonyl (C=O) groups is 1. The molecular weight excluding hydrogens is 320 g/mol. The van der Waals surface area contributed by atoms with Crippen LogP contribution in [0.5, 0.6) is 5.75 Å². The molecule has 25 heavy (non-hydrogen) atoms. The number of para-hydroxylation sites is 1. The lowest BCUT2D eigenvalue weighted by Gasteiger charge is -2.02. The van der Waals surface area contributed by atoms with Crippen molar-refractivity contribution in [2.45, 2.75) is 0 Å². The molecule has 0 aliphatic carbocycles. The molecule has 0 saturated carbocycles. The van der Waals surface area contributed by atoms with E-state index in [4.69, 9.17) is 9.15 Å². The number of rotatable bonds is 6. The summed E-state index contributed by atoms with van der Waals surface area (Å²) in [6, 6.07) is 12.7. The molecule has 0 spiro atoms. The Morgan fingerprint density at radius 2 is 2.20 bits per heavy atom. The molecular formula is C18H16N4O3. The van der Waals surface area contributed by atoms with Crippen LogP contribution >= 0.6 is 0 Å². The van der Waals surface area contributed by atoms with Crippen molar-refractivity contribution in [3.8, 4) is 17.2 Å². The van der Waals surface area contributed by atoms with Gasteiger partial charge in [0.25, 0.3) is 5.91 Å². The van der Waals surface area contributed by atoms with Crippen molar-refractivity contribution in [2.24, 2.45) is 5.10 Å². The highest BCUT2D eigenvalue weighted by Crippen LogP contribution is 2.18. The Morgan fingerprint density at radius 1 is 1.32 bits per heavy atom. The summed E-state index contributed by atoms with van der Waals surface area (Å²) >= 11 is 0. The Balaban J connectivity index is 1.57. The number of furan rings is 1. The van der Waals surface area contributed by atoms with E-state index in [2.05, 4.69) is 20.7 Å². The van der Waals surface area contributed by atoms with Gasteiger partial charge in [0.05, 0.1) is 13.4 Å². The maximum atomic E-state index is 12.0. The number of nitrogens with zero attached hydrogens (tertiary/aromatic N) is 2. The van der Waals surface area contributed by atoms with E-state index < -0.39 is 5.91 Å². The number of ether oxygens (including phenoxy) is 1. The molecule has 2 N–H and O–H groups in total. The minimum absolute atomic E-state index is 0.220. The molecule has 3 aromatic rings. The van der Waals surface area contributed by atoms with Gasteiger partial charge in [-0.1, -0.05) is 18.2 Å². The number of benzene rings is 1. The number of amides is 1. The highest BCUT2D eigenvalue weighted by Gasteiger charge is 2.11. The molecule has 3 rings (SSSR count). The topological polar surface area (TPSA) is 92.5 Å². The maximum absolute atomic E-state index is 12.0. The van der Waals surface area contributed by atoms with Crippen LogP contribution in [0.15, 0.2) is 64.3 Å². The summed E-state index contributed by atoms with van der Waals surface area (Å²) in [4.78, 5) is 12.0. The molecule has 0 unspecified atom stereocenters. The smallest absolute Gasteiger partial charge is 0.291 e. The highest BCUT2D eigenvalue weighted by molar-refractivity contribution is 5.93. The predicted molar refractivity (Wildman–Crippen MR) is 94.3 cm³/mol. The number of carbonyl (C=O) groups excluding carboxylic acids is 1. The van der Waals surface area contributed by atoms with Gasteiger partial charge < -0.3 is 9.15 Å². The van der Waals surface area contributed by atoms with Crippen LogP contribution in [0.25, 0.3) is 17.5 Å². The van der Waals surface area contributed by atoms with Gasteiger partial charge in [0.1, 0.15) is 11.4 Å². The van der Waals surface area contributed by atoms with Crippen molar-refractivity contribution < 1.29 is 13.9 Å². The minimum Gasteiger partial charge on any atom is -0.496 e. The lowest BCUT2D eigenvalue weighted by molar-refractivity contribution is 0.0950. The van der Waals surface area contributed by atoms with Crippen LogP contribution in [0.4, 0.5) is 0 Å². The summed E-state index contributed by atoms with van der Waals surface area (Å²) in [5.41, 5.74) is 4.16. The number of nitrogens with one attached hydrogen (secondary N) is 2. The summed E-state index contributed by atoms with van der Waals surface area (Å²) in [6.45, 7) is 0. The average molecular weight is 336 g/mol. The quantitative estimate of drug-likeness (QED) is 0.534. The molecule has 0 atom stereocenters. The molecule has 0 fully saturated rings. The molecule has 2 aromatic heterocycles. The molecule has 1 aromatic carbocycles. The van der Waals surface area contributed by atoms with Gasteiger partial charge in [-0.05, 0) is 30.4 Å². The van der Waals surface area contributed by atoms with Gasteiger partial charge in [-0.15, -0.1) is 0 Å². The molecule has 0 bridgehead atoms. The van der Waals surface area contributed by atoms with Crippen molar-refractivity contribution in [2.75, 3.05) is 7.11 Å². The first-order chi connectivity index (χ1) is 12.3. The van der Waals surface area contributed by atoms with Crippen molar-refractivity contribution in [3.63, 3.8) is 0 Å². The molecule has 0 saturated heterocycles. The number of allylic oxidation sites excluding steroid dienone is 1. The van der Waals surface area contributed by atoms with Crippen LogP contribution < -0.4 is 10.2 Å². The Kier molecular flexibility index (Phi) is 5.06. The van der Waals surface area contributed by atoms with Crippen molar-refractivity contribution in [1.29, 1.82) is 0 Å². The van der Waals surface area contributed by atoms with Gasteiger partial charge >= 0.3 is 0 Å². The first kappa shape index (κ1) is 16.3. The predicted octanol–water partition coefficient (Wildman–Crippen LogP) is 3.11. The van der Waals surface area contributed by atoms with Crippen LogP contribution in [0.2, 0.25) is 0 Å². The number of hydrazone groups is 1. The summed E-state index contributed by atoms with van der Waals surface area (Å²) < 4.78 is 10.5. The van der Waals surface area contributed by atoms with Crippen LogP contribution in [-0.4, -0.2) is 29.4 Å². The zero-order valence-corrected chi connectivity index (χ0v) is 13.5. The van der Waals surface area contributed by atoms with E-state index >= 15 is 0 Å². The Labute approximate surface area is 144 Å². The van der Waals surface area contributed by atoms with Crippen molar-refractivity contribution in [3.05, 3.63) is 66.1 Å². The third kappa shape index (κ3) is 4.03. The second kappa shape index (κ2) is 7.78. The molecule has 126 valence electrons. The van der Waals surface area contributed by atoms with Crippen LogP contribution in [0.1, 0.15) is 16.1 Å². The zero-order chi connectivity index (χ0) is 17.5. The SMILES string of the molecule is COc1ccccc1C=CC=NNC(=O)c1cc(-c2ccco2)[nH]n1. The van der Waals surface area contributed by atoms with E-state index in [1.165, 1.54) is 6.21 Å². The number of aromatic nitrogens is 2. The fourth-order valence-electron chi connectivity index (χ4n) is 2.14. The zero-order valence-electron chi connectivity index (χ0n) is 13.5.